The first-order chi connectivity index (χ1) is 11.5. The second-order valence-corrected chi connectivity index (χ2v) is 6.15. The normalized spacial score (nSPS) is 12.2. The van der Waals surface area contributed by atoms with E-state index < -0.39 is 10.7 Å². The molecule has 1 N–H and O–H groups in total. The zero-order chi connectivity index (χ0) is 17.3. The van der Waals surface area contributed by atoms with Crippen molar-refractivity contribution in [3.63, 3.8) is 0 Å². The summed E-state index contributed by atoms with van der Waals surface area (Å²) in [7, 11) is 0. The zero-order valence-corrected chi connectivity index (χ0v) is 13.4. The van der Waals surface area contributed by atoms with E-state index >= 15 is 0 Å². The number of nitrogens with zero attached hydrogens (tertiary/aromatic N) is 2. The molecular weight excluding hydrogens is 334 g/mol. The quantitative estimate of drug-likeness (QED) is 0.563. The summed E-state index contributed by atoms with van der Waals surface area (Å²) in [5.41, 5.74) is 0.238. The van der Waals surface area contributed by atoms with Crippen LogP contribution in [-0.4, -0.2) is 15.4 Å². The summed E-state index contributed by atoms with van der Waals surface area (Å²) >= 11 is 1.52. The lowest BCUT2D eigenvalue weighted by atomic mass is 10.2. The molecule has 0 saturated heterocycles. The average molecular weight is 347 g/mol. The largest absolute Gasteiger partial charge is 0.420 e. The van der Waals surface area contributed by atoms with E-state index in [4.69, 9.17) is 4.42 Å². The summed E-state index contributed by atoms with van der Waals surface area (Å²) in [6.07, 6.45) is 0. The van der Waals surface area contributed by atoms with Crippen LogP contribution < -0.4 is 11.1 Å². The molecule has 1 aromatic carbocycles. The van der Waals surface area contributed by atoms with Crippen LogP contribution in [0.15, 0.2) is 44.9 Å². The van der Waals surface area contributed by atoms with Crippen LogP contribution in [0.1, 0.15) is 17.8 Å². The van der Waals surface area contributed by atoms with Gasteiger partial charge in [0, 0.05) is 17.0 Å². The number of rotatable bonds is 5. The van der Waals surface area contributed by atoms with Gasteiger partial charge >= 0.3 is 5.76 Å². The Morgan fingerprint density at radius 3 is 2.92 bits per heavy atom. The van der Waals surface area contributed by atoms with E-state index in [1.807, 2.05) is 24.4 Å². The summed E-state index contributed by atoms with van der Waals surface area (Å²) in [5.74, 6) is -1.11. The molecule has 3 aromatic rings. The number of amides is 1. The molecule has 9 heteroatoms. The first-order valence-electron chi connectivity index (χ1n) is 7.06. The SMILES string of the molecule is CC(NC(=O)Cn1c(=O)oc2ccc([N+](=O)[O-])cc21)c1cccs1. The molecule has 2 aromatic heterocycles. The topological polar surface area (TPSA) is 107 Å². The number of oxazole rings is 1. The maximum absolute atomic E-state index is 12.2. The van der Waals surface area contributed by atoms with Gasteiger partial charge in [-0.1, -0.05) is 6.07 Å². The summed E-state index contributed by atoms with van der Waals surface area (Å²) in [4.78, 5) is 35.4. The molecule has 0 radical (unpaired) electrons. The van der Waals surface area contributed by atoms with E-state index in [1.165, 1.54) is 29.5 Å². The number of fused-ring (bicyclic) bond motifs is 1. The van der Waals surface area contributed by atoms with E-state index in [9.17, 15) is 19.7 Å². The second-order valence-electron chi connectivity index (χ2n) is 5.17. The monoisotopic (exact) mass is 347 g/mol. The first kappa shape index (κ1) is 15.9. The minimum Gasteiger partial charge on any atom is -0.408 e. The number of aromatic nitrogens is 1. The van der Waals surface area contributed by atoms with Gasteiger partial charge in [-0.25, -0.2) is 4.79 Å². The zero-order valence-electron chi connectivity index (χ0n) is 12.6. The molecule has 124 valence electrons. The van der Waals surface area contributed by atoms with Crippen molar-refractivity contribution in [1.82, 2.24) is 9.88 Å². The van der Waals surface area contributed by atoms with Gasteiger partial charge in [0.05, 0.1) is 16.5 Å². The minimum atomic E-state index is -0.732. The van der Waals surface area contributed by atoms with Gasteiger partial charge in [0.2, 0.25) is 5.91 Å². The molecule has 1 unspecified atom stereocenters. The number of carbonyl (C=O) groups is 1. The van der Waals surface area contributed by atoms with E-state index in [0.29, 0.717) is 0 Å². The van der Waals surface area contributed by atoms with Crippen molar-refractivity contribution in [2.24, 2.45) is 0 Å². The van der Waals surface area contributed by atoms with Gasteiger partial charge in [-0.3, -0.25) is 19.5 Å². The fourth-order valence-corrected chi connectivity index (χ4v) is 3.09. The smallest absolute Gasteiger partial charge is 0.408 e. The maximum Gasteiger partial charge on any atom is 0.420 e. The van der Waals surface area contributed by atoms with Gasteiger partial charge < -0.3 is 9.73 Å². The number of non-ortho nitro benzene ring substituents is 1. The van der Waals surface area contributed by atoms with Crippen LogP contribution in [0.4, 0.5) is 5.69 Å². The molecule has 3 rings (SSSR count). The molecule has 1 amide bonds. The Kier molecular flexibility index (Phi) is 4.17. The molecular formula is C15H13N3O5S. The number of hydrogen-bond acceptors (Lipinski definition) is 6. The Morgan fingerprint density at radius 2 is 2.25 bits per heavy atom. The van der Waals surface area contributed by atoms with E-state index in [0.717, 1.165) is 9.44 Å². The molecule has 2 heterocycles. The maximum atomic E-state index is 12.2. The van der Waals surface area contributed by atoms with E-state index in [1.54, 1.807) is 0 Å². The number of nitro benzene ring substituents is 1. The van der Waals surface area contributed by atoms with Crippen LogP contribution in [0.25, 0.3) is 11.1 Å². The Bertz CT molecular complexity index is 957. The van der Waals surface area contributed by atoms with Crippen LogP contribution in [0.2, 0.25) is 0 Å². The molecule has 0 bridgehead atoms. The van der Waals surface area contributed by atoms with Crippen molar-refractivity contribution in [2.45, 2.75) is 19.5 Å². The number of benzene rings is 1. The third-order valence-corrected chi connectivity index (χ3v) is 4.57. The van der Waals surface area contributed by atoms with Crippen LogP contribution in [0, 0.1) is 10.1 Å². The average Bonchev–Trinajstić information content (AvgIpc) is 3.16. The first-order valence-corrected chi connectivity index (χ1v) is 7.94. The van der Waals surface area contributed by atoms with Crippen molar-refractivity contribution < 1.29 is 14.1 Å². The second kappa shape index (κ2) is 6.28. The standard InChI is InChI=1S/C15H13N3O5S/c1-9(13-3-2-6-24-13)16-14(19)8-17-11-7-10(18(21)22)4-5-12(11)23-15(17)20/h2-7,9H,8H2,1H3,(H,16,19). The van der Waals surface area contributed by atoms with Crippen molar-refractivity contribution in [3.05, 3.63) is 61.3 Å². The summed E-state index contributed by atoms with van der Waals surface area (Å²) in [6.45, 7) is 1.56. The van der Waals surface area contributed by atoms with Crippen molar-refractivity contribution >= 4 is 34.0 Å². The van der Waals surface area contributed by atoms with E-state index in [2.05, 4.69) is 5.32 Å². The predicted molar refractivity (Wildman–Crippen MR) is 88.0 cm³/mol. The minimum absolute atomic E-state index is 0.176. The highest BCUT2D eigenvalue weighted by Crippen LogP contribution is 2.21. The van der Waals surface area contributed by atoms with Crippen molar-refractivity contribution in [3.8, 4) is 0 Å². The summed E-state index contributed by atoms with van der Waals surface area (Å²) in [5, 5.41) is 15.6. The molecule has 0 aliphatic carbocycles. The lowest BCUT2D eigenvalue weighted by Gasteiger charge is -2.12. The molecule has 0 aliphatic rings. The number of nitrogens with one attached hydrogen (secondary N) is 1. The van der Waals surface area contributed by atoms with Gasteiger partial charge in [-0.05, 0) is 24.4 Å². The molecule has 8 nitrogen and oxygen atoms in total. The van der Waals surface area contributed by atoms with Gasteiger partial charge in [0.25, 0.3) is 5.69 Å². The highest BCUT2D eigenvalue weighted by molar-refractivity contribution is 7.10. The van der Waals surface area contributed by atoms with Gasteiger partial charge in [-0.2, -0.15) is 0 Å². The van der Waals surface area contributed by atoms with Gasteiger partial charge in [0.15, 0.2) is 5.58 Å². The Hall–Kier alpha value is -2.94. The van der Waals surface area contributed by atoms with Crippen molar-refractivity contribution in [1.29, 1.82) is 0 Å². The summed E-state index contributed by atoms with van der Waals surface area (Å²) < 4.78 is 6.10. The third-order valence-electron chi connectivity index (χ3n) is 3.51. The molecule has 1 atom stereocenters. The highest BCUT2D eigenvalue weighted by atomic mass is 32.1. The molecule has 0 aliphatic heterocycles. The number of carbonyl (C=O) groups excluding carboxylic acids is 1. The molecule has 0 fully saturated rings. The fraction of sp³-hybridized carbons (Fsp3) is 0.200. The Morgan fingerprint density at radius 1 is 1.46 bits per heavy atom. The van der Waals surface area contributed by atoms with Gasteiger partial charge in [-0.15, -0.1) is 11.3 Å². The van der Waals surface area contributed by atoms with Crippen LogP contribution >= 0.6 is 11.3 Å². The number of thiophene rings is 1. The fourth-order valence-electron chi connectivity index (χ4n) is 2.35. The van der Waals surface area contributed by atoms with Crippen LogP contribution in [0.3, 0.4) is 0 Å². The molecule has 0 spiro atoms. The predicted octanol–water partition coefficient (Wildman–Crippen LogP) is 2.44. The highest BCUT2D eigenvalue weighted by Gasteiger charge is 2.17. The lowest BCUT2D eigenvalue weighted by Crippen LogP contribution is -2.32. The molecule has 24 heavy (non-hydrogen) atoms. The lowest BCUT2D eigenvalue weighted by molar-refractivity contribution is -0.384. The van der Waals surface area contributed by atoms with E-state index in [-0.39, 0.29) is 35.3 Å². The Balaban J connectivity index is 1.85. The van der Waals surface area contributed by atoms with Gasteiger partial charge in [0.1, 0.15) is 6.54 Å². The Labute approximate surface area is 139 Å². The van der Waals surface area contributed by atoms with Crippen LogP contribution in [0.5, 0.6) is 0 Å². The van der Waals surface area contributed by atoms with Crippen LogP contribution in [-0.2, 0) is 11.3 Å². The third kappa shape index (κ3) is 3.06. The number of nitro groups is 1. The number of hydrogen-bond donors (Lipinski definition) is 1. The van der Waals surface area contributed by atoms with Crippen molar-refractivity contribution in [2.75, 3.05) is 0 Å². The summed E-state index contributed by atoms with van der Waals surface area (Å²) in [6, 6.07) is 7.40. The molecule has 0 saturated carbocycles.